The molecular formula is C17H24INO2. The van der Waals surface area contributed by atoms with Crippen LogP contribution in [0.3, 0.4) is 0 Å². The second-order valence-electron chi connectivity index (χ2n) is 5.80. The molecule has 1 aromatic rings. The molecule has 0 heterocycles. The van der Waals surface area contributed by atoms with Gasteiger partial charge in [-0.1, -0.05) is 43.2 Å². The van der Waals surface area contributed by atoms with Crippen LogP contribution in [0.15, 0.2) is 30.3 Å². The number of halogens is 1. The fourth-order valence-electron chi connectivity index (χ4n) is 2.82. The van der Waals surface area contributed by atoms with Crippen molar-refractivity contribution in [2.75, 3.05) is 6.54 Å². The van der Waals surface area contributed by atoms with Crippen LogP contribution in [0.1, 0.15) is 43.2 Å². The van der Waals surface area contributed by atoms with Crippen LogP contribution >= 0.6 is 22.6 Å². The van der Waals surface area contributed by atoms with Gasteiger partial charge in [0.05, 0.1) is 6.10 Å². The maximum atomic E-state index is 10.4. The zero-order valence-electron chi connectivity index (χ0n) is 12.2. The van der Waals surface area contributed by atoms with E-state index in [0.29, 0.717) is 13.0 Å². The molecule has 3 unspecified atom stereocenters. The lowest BCUT2D eigenvalue weighted by Gasteiger charge is -2.25. The van der Waals surface area contributed by atoms with Gasteiger partial charge in [0.25, 0.3) is 0 Å². The van der Waals surface area contributed by atoms with Crippen molar-refractivity contribution in [2.45, 2.75) is 41.8 Å². The molecule has 0 spiro atoms. The Labute approximate surface area is 140 Å². The summed E-state index contributed by atoms with van der Waals surface area (Å²) in [5.74, 6) is 0.255. The Kier molecular flexibility index (Phi) is 6.22. The van der Waals surface area contributed by atoms with Crippen molar-refractivity contribution >= 4 is 28.7 Å². The van der Waals surface area contributed by atoms with E-state index < -0.39 is 3.61 Å². The highest BCUT2D eigenvalue weighted by atomic mass is 127. The Morgan fingerprint density at radius 3 is 2.81 bits per heavy atom. The van der Waals surface area contributed by atoms with E-state index in [1.165, 1.54) is 6.42 Å². The lowest BCUT2D eigenvalue weighted by atomic mass is 9.86. The molecule has 0 saturated heterocycles. The van der Waals surface area contributed by atoms with Crippen LogP contribution in [0.5, 0.6) is 0 Å². The third kappa shape index (κ3) is 4.77. The first kappa shape index (κ1) is 16.9. The molecule has 4 heteroatoms. The van der Waals surface area contributed by atoms with Crippen molar-refractivity contribution < 1.29 is 10.2 Å². The van der Waals surface area contributed by atoms with Crippen LogP contribution in [0, 0.1) is 5.92 Å². The normalized spacial score (nSPS) is 25.9. The van der Waals surface area contributed by atoms with Gasteiger partial charge in [0.1, 0.15) is 3.61 Å². The maximum absolute atomic E-state index is 10.4. The third-order valence-electron chi connectivity index (χ3n) is 4.12. The number of rotatable bonds is 5. The van der Waals surface area contributed by atoms with Gasteiger partial charge in [0.15, 0.2) is 0 Å². The number of nitrogens with two attached hydrogens (primary N) is 1. The molecule has 21 heavy (non-hydrogen) atoms. The molecule has 3 nitrogen and oxygen atoms in total. The van der Waals surface area contributed by atoms with Crippen LogP contribution in [0.4, 0.5) is 0 Å². The summed E-state index contributed by atoms with van der Waals surface area (Å²) in [6.07, 6.45) is 8.76. The van der Waals surface area contributed by atoms with E-state index in [4.69, 9.17) is 5.73 Å². The summed E-state index contributed by atoms with van der Waals surface area (Å²) in [6.45, 7) is 0.452. The smallest absolute Gasteiger partial charge is 0.142 e. The summed E-state index contributed by atoms with van der Waals surface area (Å²) < 4.78 is -0.916. The molecule has 1 aliphatic rings. The fourth-order valence-corrected chi connectivity index (χ4v) is 3.46. The summed E-state index contributed by atoms with van der Waals surface area (Å²) >= 11 is 2.04. The van der Waals surface area contributed by atoms with Gasteiger partial charge < -0.3 is 15.9 Å². The van der Waals surface area contributed by atoms with E-state index in [9.17, 15) is 10.2 Å². The molecule has 0 aromatic heterocycles. The zero-order valence-corrected chi connectivity index (χ0v) is 14.4. The predicted molar refractivity (Wildman–Crippen MR) is 95.0 cm³/mol. The minimum absolute atomic E-state index is 0.211. The Balaban J connectivity index is 2.10. The topological polar surface area (TPSA) is 66.5 Å². The average molecular weight is 401 g/mol. The number of alkyl halides is 1. The highest BCUT2D eigenvalue weighted by Crippen LogP contribution is 2.33. The minimum Gasteiger partial charge on any atom is -0.393 e. The van der Waals surface area contributed by atoms with E-state index >= 15 is 0 Å². The third-order valence-corrected chi connectivity index (χ3v) is 5.28. The molecular weight excluding hydrogens is 377 g/mol. The van der Waals surface area contributed by atoms with E-state index in [0.717, 1.165) is 30.4 Å². The highest BCUT2D eigenvalue weighted by Gasteiger charge is 2.24. The van der Waals surface area contributed by atoms with Gasteiger partial charge in [-0.2, -0.15) is 0 Å². The zero-order chi connectivity index (χ0) is 15.3. The lowest BCUT2D eigenvalue weighted by Crippen LogP contribution is -2.22. The SMILES string of the molecule is NCCC(O)(I)c1cccc(C=CC2CCCCC2O)c1. The first-order chi connectivity index (χ1) is 10.0. The van der Waals surface area contributed by atoms with Crippen molar-refractivity contribution in [3.63, 3.8) is 0 Å². The number of hydrogen-bond acceptors (Lipinski definition) is 3. The molecule has 0 amide bonds. The maximum Gasteiger partial charge on any atom is 0.142 e. The Morgan fingerprint density at radius 1 is 1.33 bits per heavy atom. The summed E-state index contributed by atoms with van der Waals surface area (Å²) in [6, 6.07) is 7.89. The molecule has 1 saturated carbocycles. The molecule has 4 N–H and O–H groups in total. The molecule has 3 atom stereocenters. The Morgan fingerprint density at radius 2 is 2.10 bits per heavy atom. The summed E-state index contributed by atoms with van der Waals surface area (Å²) in [5.41, 5.74) is 7.48. The molecule has 0 aliphatic heterocycles. The van der Waals surface area contributed by atoms with Crippen LogP contribution in [-0.2, 0) is 3.61 Å². The molecule has 116 valence electrons. The molecule has 1 fully saturated rings. The molecule has 0 radical (unpaired) electrons. The summed E-state index contributed by atoms with van der Waals surface area (Å²) in [7, 11) is 0. The lowest BCUT2D eigenvalue weighted by molar-refractivity contribution is 0.0931. The van der Waals surface area contributed by atoms with Crippen molar-refractivity contribution in [2.24, 2.45) is 11.7 Å². The monoisotopic (exact) mass is 401 g/mol. The summed E-state index contributed by atoms with van der Waals surface area (Å²) in [4.78, 5) is 0. The standard InChI is InChI=1S/C17H24INO2/c18-17(21,10-11-19)15-6-3-4-13(12-15)8-9-14-5-1-2-7-16(14)20/h3-4,6,8-9,12,14,16,20-21H,1-2,5,7,10-11,19H2. The number of aliphatic hydroxyl groups is 2. The van der Waals surface area contributed by atoms with Gasteiger partial charge in [0.2, 0.25) is 0 Å². The van der Waals surface area contributed by atoms with E-state index in [1.54, 1.807) is 0 Å². The van der Waals surface area contributed by atoms with Crippen molar-refractivity contribution in [3.05, 3.63) is 41.5 Å². The number of aliphatic hydroxyl groups excluding tert-OH is 1. The van der Waals surface area contributed by atoms with Gasteiger partial charge in [0, 0.05) is 12.3 Å². The molecule has 1 aromatic carbocycles. The van der Waals surface area contributed by atoms with E-state index in [-0.39, 0.29) is 12.0 Å². The second-order valence-corrected chi connectivity index (χ2v) is 7.58. The Hall–Kier alpha value is -0.430. The van der Waals surface area contributed by atoms with Crippen molar-refractivity contribution in [1.29, 1.82) is 0 Å². The van der Waals surface area contributed by atoms with Gasteiger partial charge in [-0.15, -0.1) is 0 Å². The summed E-state index contributed by atoms with van der Waals surface area (Å²) in [5, 5.41) is 20.4. The quantitative estimate of drug-likeness (QED) is 0.525. The minimum atomic E-state index is -0.916. The van der Waals surface area contributed by atoms with Gasteiger partial charge in [-0.05, 0) is 59.2 Å². The van der Waals surface area contributed by atoms with Crippen molar-refractivity contribution in [1.82, 2.24) is 0 Å². The average Bonchev–Trinajstić information content (AvgIpc) is 2.47. The van der Waals surface area contributed by atoms with Crippen molar-refractivity contribution in [3.8, 4) is 0 Å². The van der Waals surface area contributed by atoms with Gasteiger partial charge in [-0.3, -0.25) is 0 Å². The predicted octanol–water partition coefficient (Wildman–Crippen LogP) is 3.18. The fraction of sp³-hybridized carbons (Fsp3) is 0.529. The van der Waals surface area contributed by atoms with Crippen LogP contribution in [0.25, 0.3) is 6.08 Å². The first-order valence-corrected chi connectivity index (χ1v) is 8.69. The van der Waals surface area contributed by atoms with E-state index in [2.05, 4.69) is 12.2 Å². The van der Waals surface area contributed by atoms with Crippen LogP contribution in [0.2, 0.25) is 0 Å². The first-order valence-electron chi connectivity index (χ1n) is 7.61. The van der Waals surface area contributed by atoms with Gasteiger partial charge in [-0.25, -0.2) is 0 Å². The van der Waals surface area contributed by atoms with E-state index in [1.807, 2.05) is 46.9 Å². The molecule has 0 bridgehead atoms. The number of benzene rings is 1. The van der Waals surface area contributed by atoms with Gasteiger partial charge >= 0.3 is 0 Å². The molecule has 1 aliphatic carbocycles. The number of hydrogen-bond donors (Lipinski definition) is 3. The molecule has 2 rings (SSSR count). The Bertz CT molecular complexity index is 487. The van der Waals surface area contributed by atoms with Crippen LogP contribution < -0.4 is 5.73 Å². The second kappa shape index (κ2) is 7.72. The largest absolute Gasteiger partial charge is 0.393 e. The van der Waals surface area contributed by atoms with Crippen LogP contribution in [-0.4, -0.2) is 22.9 Å². The highest BCUT2D eigenvalue weighted by molar-refractivity contribution is 14.1.